The molecule has 2 aliphatic heterocycles. The van der Waals surface area contributed by atoms with Gasteiger partial charge in [-0.1, -0.05) is 11.6 Å². The summed E-state index contributed by atoms with van der Waals surface area (Å²) in [6.07, 6.45) is 0.827. The van der Waals surface area contributed by atoms with Gasteiger partial charge >= 0.3 is 0 Å². The van der Waals surface area contributed by atoms with Gasteiger partial charge in [0, 0.05) is 28.7 Å². The summed E-state index contributed by atoms with van der Waals surface area (Å²) in [5.41, 5.74) is 1.51. The first kappa shape index (κ1) is 21.7. The average Bonchev–Trinajstić information content (AvgIpc) is 3.39. The molecule has 2 aromatic carbocycles. The summed E-state index contributed by atoms with van der Waals surface area (Å²) in [6, 6.07) is 9.29. The Morgan fingerprint density at radius 2 is 1.81 bits per heavy atom. The lowest BCUT2D eigenvalue weighted by Gasteiger charge is -2.20. The molecule has 1 N–H and O–H groups in total. The molecular formula is C22H21BrClN3O5. The number of hydrogen-bond donors (Lipinski definition) is 1. The number of anilines is 2. The van der Waals surface area contributed by atoms with E-state index >= 15 is 0 Å². The van der Waals surface area contributed by atoms with Crippen molar-refractivity contribution in [1.29, 1.82) is 0 Å². The van der Waals surface area contributed by atoms with Gasteiger partial charge < -0.3 is 29.0 Å². The zero-order valence-electron chi connectivity index (χ0n) is 17.4. The van der Waals surface area contributed by atoms with Crippen molar-refractivity contribution in [1.82, 2.24) is 9.97 Å². The van der Waals surface area contributed by atoms with E-state index in [-0.39, 0.29) is 24.4 Å². The van der Waals surface area contributed by atoms with Crippen molar-refractivity contribution in [3.63, 3.8) is 0 Å². The number of fused-ring (bicyclic) bond motifs is 2. The Morgan fingerprint density at radius 1 is 1.03 bits per heavy atom. The van der Waals surface area contributed by atoms with Crippen molar-refractivity contribution in [2.24, 2.45) is 0 Å². The summed E-state index contributed by atoms with van der Waals surface area (Å²) in [6.45, 7) is 0.903. The van der Waals surface area contributed by atoms with Gasteiger partial charge in [0.25, 0.3) is 0 Å². The van der Waals surface area contributed by atoms with E-state index in [0.29, 0.717) is 41.1 Å². The minimum Gasteiger partial charge on any atom is -0.493 e. The number of halogens is 2. The molecule has 3 aromatic rings. The smallest absolute Gasteiger partial charge is 0.164 e. The summed E-state index contributed by atoms with van der Waals surface area (Å²) in [7, 11) is 3.26. The Morgan fingerprint density at radius 3 is 2.56 bits per heavy atom. The average molecular weight is 523 g/mol. The van der Waals surface area contributed by atoms with Crippen molar-refractivity contribution in [3.05, 3.63) is 46.2 Å². The highest BCUT2D eigenvalue weighted by Gasteiger charge is 2.49. The van der Waals surface area contributed by atoms with E-state index in [1.54, 1.807) is 14.2 Å². The maximum atomic E-state index is 6.27. The molecule has 0 spiro atoms. The molecule has 2 fully saturated rings. The molecule has 0 amide bonds. The van der Waals surface area contributed by atoms with Gasteiger partial charge in [0.2, 0.25) is 0 Å². The summed E-state index contributed by atoms with van der Waals surface area (Å²) in [5.74, 6) is 1.76. The van der Waals surface area contributed by atoms with Gasteiger partial charge in [-0.15, -0.1) is 0 Å². The summed E-state index contributed by atoms with van der Waals surface area (Å²) in [4.78, 5) is 8.81. The van der Waals surface area contributed by atoms with Crippen LogP contribution in [0.1, 0.15) is 0 Å². The van der Waals surface area contributed by atoms with Crippen LogP contribution in [-0.4, -0.2) is 61.8 Å². The van der Waals surface area contributed by atoms with Gasteiger partial charge in [-0.25, -0.2) is 9.97 Å². The molecule has 0 radical (unpaired) electrons. The molecule has 5 rings (SSSR count). The third kappa shape index (κ3) is 3.99. The third-order valence-corrected chi connectivity index (χ3v) is 6.88. The van der Waals surface area contributed by atoms with Crippen LogP contribution in [0.3, 0.4) is 0 Å². The topological polar surface area (TPSA) is 84.0 Å². The predicted octanol–water partition coefficient (Wildman–Crippen LogP) is 4.36. The lowest BCUT2D eigenvalue weighted by atomic mass is 10.1. The maximum absolute atomic E-state index is 6.27. The zero-order valence-corrected chi connectivity index (χ0v) is 19.7. The molecule has 168 valence electrons. The molecule has 4 atom stereocenters. The van der Waals surface area contributed by atoms with Crippen molar-refractivity contribution < 1.29 is 23.7 Å². The van der Waals surface area contributed by atoms with E-state index in [0.717, 1.165) is 15.5 Å². The van der Waals surface area contributed by atoms with Crippen LogP contribution >= 0.6 is 27.5 Å². The molecule has 0 bridgehead atoms. The Balaban J connectivity index is 1.43. The Hall–Kier alpha value is -2.17. The van der Waals surface area contributed by atoms with Gasteiger partial charge in [0.05, 0.1) is 30.9 Å². The van der Waals surface area contributed by atoms with Crippen molar-refractivity contribution in [2.45, 2.75) is 24.4 Å². The second-order valence-corrected chi connectivity index (χ2v) is 8.78. The number of aromatic nitrogens is 2. The van der Waals surface area contributed by atoms with Gasteiger partial charge in [-0.3, -0.25) is 0 Å². The van der Waals surface area contributed by atoms with Crippen LogP contribution in [0.5, 0.6) is 11.5 Å². The molecule has 8 nitrogen and oxygen atoms in total. The number of rotatable bonds is 6. The van der Waals surface area contributed by atoms with E-state index in [4.69, 9.17) is 35.3 Å². The number of methoxy groups -OCH3 is 2. The van der Waals surface area contributed by atoms with Crippen LogP contribution in [0.15, 0.2) is 41.1 Å². The van der Waals surface area contributed by atoms with Crippen LogP contribution in [0.25, 0.3) is 10.9 Å². The van der Waals surface area contributed by atoms with E-state index < -0.39 is 0 Å². The van der Waals surface area contributed by atoms with E-state index in [9.17, 15) is 0 Å². The first-order valence-electron chi connectivity index (χ1n) is 10.0. The molecule has 0 unspecified atom stereocenters. The molecule has 2 saturated heterocycles. The van der Waals surface area contributed by atoms with Gasteiger partial charge in [0.1, 0.15) is 30.5 Å². The predicted molar refractivity (Wildman–Crippen MR) is 123 cm³/mol. The van der Waals surface area contributed by atoms with Gasteiger partial charge in [0.15, 0.2) is 17.6 Å². The quantitative estimate of drug-likeness (QED) is 0.511. The number of nitrogens with zero attached hydrogens (tertiary/aromatic N) is 2. The lowest BCUT2D eigenvalue weighted by Crippen LogP contribution is -2.35. The van der Waals surface area contributed by atoms with E-state index in [2.05, 4.69) is 31.2 Å². The molecular weight excluding hydrogens is 502 g/mol. The number of nitrogens with one attached hydrogen (secondary N) is 1. The Bertz CT molecular complexity index is 1150. The van der Waals surface area contributed by atoms with Crippen LogP contribution in [-0.2, 0) is 14.2 Å². The van der Waals surface area contributed by atoms with Crippen LogP contribution in [0.4, 0.5) is 11.5 Å². The summed E-state index contributed by atoms with van der Waals surface area (Å²) < 4.78 is 29.9. The van der Waals surface area contributed by atoms with Crippen molar-refractivity contribution >= 4 is 49.9 Å². The largest absolute Gasteiger partial charge is 0.493 e. The van der Waals surface area contributed by atoms with E-state index in [1.807, 2.05) is 30.3 Å². The minimum absolute atomic E-state index is 0.0828. The van der Waals surface area contributed by atoms with Crippen LogP contribution in [0.2, 0.25) is 5.02 Å². The van der Waals surface area contributed by atoms with Crippen molar-refractivity contribution in [2.75, 3.05) is 32.8 Å². The fraction of sp³-hybridized carbons (Fsp3) is 0.364. The first-order chi connectivity index (χ1) is 15.6. The van der Waals surface area contributed by atoms with Crippen molar-refractivity contribution in [3.8, 4) is 11.5 Å². The SMILES string of the molecule is COc1cc2c(Nc3ccc(Br)c(Cl)c3)ncnc2cc1O[C@@H]1CO[C@@H]2[C@@H]1OC[C@@H]2OC. The highest BCUT2D eigenvalue weighted by atomic mass is 79.9. The van der Waals surface area contributed by atoms with Gasteiger partial charge in [-0.05, 0) is 40.2 Å². The first-order valence-corrected chi connectivity index (χ1v) is 11.2. The van der Waals surface area contributed by atoms with E-state index in [1.165, 1.54) is 6.33 Å². The Labute approximate surface area is 198 Å². The maximum Gasteiger partial charge on any atom is 0.164 e. The standard InChI is InChI=1S/C22H21BrClN3O5/c1-28-16-6-12-15(25-10-26-22(12)27-11-3-4-13(23)14(24)5-11)7-17(16)32-19-9-31-20-18(29-2)8-30-21(19)20/h3-7,10,18-21H,8-9H2,1-2H3,(H,25,26,27)/t18-,19+,20-,21+/m0/s1. The molecule has 10 heteroatoms. The number of hydrogen-bond acceptors (Lipinski definition) is 8. The highest BCUT2D eigenvalue weighted by Crippen LogP contribution is 2.38. The Kier molecular flexibility index (Phi) is 6.09. The molecule has 3 heterocycles. The number of benzene rings is 2. The van der Waals surface area contributed by atoms with Gasteiger partial charge in [-0.2, -0.15) is 0 Å². The fourth-order valence-corrected chi connectivity index (χ4v) is 4.45. The molecule has 0 aliphatic carbocycles. The molecule has 0 saturated carbocycles. The summed E-state index contributed by atoms with van der Waals surface area (Å²) in [5, 5.41) is 4.68. The normalized spacial score (nSPS) is 24.5. The second-order valence-electron chi connectivity index (χ2n) is 7.52. The minimum atomic E-state index is -0.268. The molecule has 2 aliphatic rings. The monoisotopic (exact) mass is 521 g/mol. The second kappa shape index (κ2) is 8.99. The van der Waals surface area contributed by atoms with Crippen LogP contribution in [0, 0.1) is 0 Å². The van der Waals surface area contributed by atoms with Crippen LogP contribution < -0.4 is 14.8 Å². The zero-order chi connectivity index (χ0) is 22.2. The fourth-order valence-electron chi connectivity index (χ4n) is 4.02. The lowest BCUT2D eigenvalue weighted by molar-refractivity contribution is -0.0140. The number of ether oxygens (including phenoxy) is 5. The highest BCUT2D eigenvalue weighted by molar-refractivity contribution is 9.10. The molecule has 32 heavy (non-hydrogen) atoms. The third-order valence-electron chi connectivity index (χ3n) is 5.65. The summed E-state index contributed by atoms with van der Waals surface area (Å²) >= 11 is 9.62. The molecule has 1 aromatic heterocycles.